The van der Waals surface area contributed by atoms with Crippen molar-refractivity contribution in [3.8, 4) is 0 Å². The first kappa shape index (κ1) is 14.3. The van der Waals surface area contributed by atoms with Crippen LogP contribution in [0.4, 0.5) is 0 Å². The number of sulfonamides is 1. The van der Waals surface area contributed by atoms with Gasteiger partial charge in [-0.2, -0.15) is 4.31 Å². The molecule has 0 aromatic carbocycles. The van der Waals surface area contributed by atoms with Crippen LogP contribution < -0.4 is 0 Å². The Morgan fingerprint density at radius 2 is 2.39 bits per heavy atom. The number of nitrogens with zero attached hydrogens (tertiary/aromatic N) is 1. The van der Waals surface area contributed by atoms with Crippen molar-refractivity contribution in [3.63, 3.8) is 0 Å². The standard InChI is InChI=1S/C10H15NO4S3/c1-15-4-2-3-11-6-8(12)7-5-9(16)17-10(7)18(11,13)14/h5,8,12,16H,2-4,6H2,1H3/t8-/m1/s1. The van der Waals surface area contributed by atoms with Crippen molar-refractivity contribution in [3.05, 3.63) is 11.6 Å². The summed E-state index contributed by atoms with van der Waals surface area (Å²) in [5, 5.41) is 9.97. The topological polar surface area (TPSA) is 66.8 Å². The third kappa shape index (κ3) is 2.59. The molecule has 1 N–H and O–H groups in total. The van der Waals surface area contributed by atoms with E-state index in [-0.39, 0.29) is 10.8 Å². The summed E-state index contributed by atoms with van der Waals surface area (Å²) in [6.07, 6.45) is -0.167. The molecule has 0 saturated carbocycles. The van der Waals surface area contributed by atoms with Crippen LogP contribution >= 0.6 is 24.0 Å². The van der Waals surface area contributed by atoms with E-state index in [0.29, 0.717) is 29.3 Å². The quantitative estimate of drug-likeness (QED) is 0.646. The van der Waals surface area contributed by atoms with Crippen LogP contribution in [0.5, 0.6) is 0 Å². The summed E-state index contributed by atoms with van der Waals surface area (Å²) in [7, 11) is -1.91. The molecule has 0 aliphatic carbocycles. The molecule has 0 fully saturated rings. The Morgan fingerprint density at radius 1 is 1.67 bits per heavy atom. The monoisotopic (exact) mass is 309 g/mol. The molecule has 1 aliphatic rings. The zero-order valence-electron chi connectivity index (χ0n) is 9.87. The molecular weight excluding hydrogens is 294 g/mol. The van der Waals surface area contributed by atoms with Crippen LogP contribution in [0.25, 0.3) is 0 Å². The fourth-order valence-corrected chi connectivity index (χ4v) is 5.64. The lowest BCUT2D eigenvalue weighted by atomic mass is 10.2. The summed E-state index contributed by atoms with van der Waals surface area (Å²) in [4.78, 5) is 0. The van der Waals surface area contributed by atoms with Crippen LogP contribution in [0.2, 0.25) is 0 Å². The Hall–Kier alpha value is -0.120. The molecule has 2 heterocycles. The summed E-state index contributed by atoms with van der Waals surface area (Å²) >= 11 is 5.24. The number of ether oxygens (including phenoxy) is 1. The van der Waals surface area contributed by atoms with Crippen LogP contribution in [-0.4, -0.2) is 44.6 Å². The van der Waals surface area contributed by atoms with Crippen LogP contribution in [0, 0.1) is 0 Å². The number of aliphatic hydroxyl groups is 1. The first-order valence-electron chi connectivity index (χ1n) is 5.46. The minimum absolute atomic E-state index is 0.100. The number of aliphatic hydroxyl groups excluding tert-OH is 1. The van der Waals surface area contributed by atoms with Crippen molar-refractivity contribution in [2.75, 3.05) is 26.8 Å². The Balaban J connectivity index is 2.27. The number of rotatable bonds is 4. The van der Waals surface area contributed by atoms with Gasteiger partial charge < -0.3 is 9.84 Å². The highest BCUT2D eigenvalue weighted by atomic mass is 32.3. The zero-order valence-corrected chi connectivity index (χ0v) is 12.4. The van der Waals surface area contributed by atoms with Gasteiger partial charge in [-0.05, 0) is 12.5 Å². The lowest BCUT2D eigenvalue weighted by molar-refractivity contribution is 0.131. The Morgan fingerprint density at radius 3 is 3.06 bits per heavy atom. The average molecular weight is 309 g/mol. The van der Waals surface area contributed by atoms with Crippen molar-refractivity contribution in [2.45, 2.75) is 20.9 Å². The number of hydrogen-bond donors (Lipinski definition) is 2. The van der Waals surface area contributed by atoms with Gasteiger partial charge in [0, 0.05) is 32.4 Å². The van der Waals surface area contributed by atoms with E-state index in [1.165, 1.54) is 4.31 Å². The van der Waals surface area contributed by atoms with E-state index in [9.17, 15) is 13.5 Å². The molecule has 1 aromatic rings. The lowest BCUT2D eigenvalue weighted by Crippen LogP contribution is -2.39. The Labute approximate surface area is 116 Å². The Kier molecular flexibility index (Phi) is 4.35. The maximum atomic E-state index is 12.3. The van der Waals surface area contributed by atoms with E-state index in [2.05, 4.69) is 12.6 Å². The lowest BCUT2D eigenvalue weighted by Gasteiger charge is -2.29. The molecule has 1 atom stereocenters. The molecule has 102 valence electrons. The van der Waals surface area contributed by atoms with Gasteiger partial charge in [-0.25, -0.2) is 8.42 Å². The molecule has 18 heavy (non-hydrogen) atoms. The van der Waals surface area contributed by atoms with Crippen molar-refractivity contribution in [1.82, 2.24) is 4.31 Å². The molecule has 1 aliphatic heterocycles. The van der Waals surface area contributed by atoms with E-state index in [0.717, 1.165) is 11.3 Å². The molecule has 5 nitrogen and oxygen atoms in total. The first-order chi connectivity index (χ1) is 8.46. The zero-order chi connectivity index (χ0) is 13.3. The summed E-state index contributed by atoms with van der Waals surface area (Å²) in [6.45, 7) is 0.951. The first-order valence-corrected chi connectivity index (χ1v) is 8.17. The number of fused-ring (bicyclic) bond motifs is 1. The number of β-amino-alcohol motifs (C(OH)–C–C–N with tert-alkyl or cyclic N) is 1. The number of thiophene rings is 1. The van der Waals surface area contributed by atoms with E-state index in [1.807, 2.05) is 0 Å². The highest BCUT2D eigenvalue weighted by molar-refractivity contribution is 7.92. The molecule has 2 rings (SSSR count). The van der Waals surface area contributed by atoms with Gasteiger partial charge in [-0.15, -0.1) is 24.0 Å². The fourth-order valence-electron chi connectivity index (χ4n) is 1.91. The van der Waals surface area contributed by atoms with Gasteiger partial charge in [0.25, 0.3) is 10.0 Å². The molecule has 0 bridgehead atoms. The minimum Gasteiger partial charge on any atom is -0.387 e. The maximum Gasteiger partial charge on any atom is 0.253 e. The smallest absolute Gasteiger partial charge is 0.253 e. The second-order valence-corrected chi connectivity index (χ2v) is 8.02. The molecule has 8 heteroatoms. The molecule has 0 spiro atoms. The average Bonchev–Trinajstić information content (AvgIpc) is 2.70. The molecule has 0 radical (unpaired) electrons. The molecule has 1 aromatic heterocycles. The number of thiol groups is 1. The van der Waals surface area contributed by atoms with Gasteiger partial charge in [0.2, 0.25) is 0 Å². The van der Waals surface area contributed by atoms with Crippen molar-refractivity contribution in [2.24, 2.45) is 0 Å². The van der Waals surface area contributed by atoms with Crippen LogP contribution in [0.1, 0.15) is 18.1 Å². The van der Waals surface area contributed by atoms with Crippen molar-refractivity contribution in [1.29, 1.82) is 0 Å². The van der Waals surface area contributed by atoms with Gasteiger partial charge in [0.15, 0.2) is 0 Å². The fraction of sp³-hybridized carbons (Fsp3) is 0.600. The predicted molar refractivity (Wildman–Crippen MR) is 71.8 cm³/mol. The van der Waals surface area contributed by atoms with E-state index in [4.69, 9.17) is 4.74 Å². The Bertz CT molecular complexity index is 525. The third-order valence-electron chi connectivity index (χ3n) is 2.78. The van der Waals surface area contributed by atoms with Gasteiger partial charge in [-0.3, -0.25) is 0 Å². The normalized spacial score (nSPS) is 22.9. The summed E-state index contributed by atoms with van der Waals surface area (Å²) in [6, 6.07) is 1.62. The van der Waals surface area contributed by atoms with E-state index in [1.54, 1.807) is 13.2 Å². The van der Waals surface area contributed by atoms with Gasteiger partial charge in [0.05, 0.1) is 10.3 Å². The van der Waals surface area contributed by atoms with Crippen molar-refractivity contribution < 1.29 is 18.3 Å². The highest BCUT2D eigenvalue weighted by Gasteiger charge is 2.37. The van der Waals surface area contributed by atoms with Gasteiger partial charge in [0.1, 0.15) is 4.21 Å². The van der Waals surface area contributed by atoms with Crippen molar-refractivity contribution >= 4 is 34.0 Å². The van der Waals surface area contributed by atoms with Crippen LogP contribution in [0.3, 0.4) is 0 Å². The number of methoxy groups -OCH3 is 1. The van der Waals surface area contributed by atoms with Gasteiger partial charge in [-0.1, -0.05) is 0 Å². The molecule has 0 saturated heterocycles. The summed E-state index contributed by atoms with van der Waals surface area (Å²) in [5.74, 6) is 0. The highest BCUT2D eigenvalue weighted by Crippen LogP contribution is 2.39. The molecule has 0 unspecified atom stereocenters. The van der Waals surface area contributed by atoms with E-state index >= 15 is 0 Å². The maximum absolute atomic E-state index is 12.3. The second-order valence-electron chi connectivity index (χ2n) is 4.05. The van der Waals surface area contributed by atoms with Gasteiger partial charge >= 0.3 is 0 Å². The summed E-state index contributed by atoms with van der Waals surface area (Å²) in [5.41, 5.74) is 0.466. The number of hydrogen-bond acceptors (Lipinski definition) is 6. The minimum atomic E-state index is -3.49. The predicted octanol–water partition coefficient (Wildman–Crippen LogP) is 1.11. The third-order valence-corrected chi connectivity index (χ3v) is 6.53. The van der Waals surface area contributed by atoms with Crippen LogP contribution in [0.15, 0.2) is 14.5 Å². The molecule has 0 amide bonds. The molecular formula is C10H15NO4S3. The largest absolute Gasteiger partial charge is 0.387 e. The summed E-state index contributed by atoms with van der Waals surface area (Å²) < 4.78 is 31.6. The SMILES string of the molecule is COCCCN1C[C@@H](O)c2cc(S)sc2S1(=O)=O. The van der Waals surface area contributed by atoms with Crippen LogP contribution in [-0.2, 0) is 14.8 Å². The van der Waals surface area contributed by atoms with E-state index < -0.39 is 16.1 Å². The second kappa shape index (κ2) is 5.48.